The van der Waals surface area contributed by atoms with Crippen molar-refractivity contribution in [3.8, 4) is 5.75 Å². The van der Waals surface area contributed by atoms with Crippen LogP contribution in [0.2, 0.25) is 5.02 Å². The Labute approximate surface area is 102 Å². The van der Waals surface area contributed by atoms with Crippen molar-refractivity contribution in [2.75, 3.05) is 6.61 Å². The first-order valence-corrected chi connectivity index (χ1v) is 5.39. The number of hydrogen-bond acceptors (Lipinski definition) is 2. The number of ether oxygens (including phenoxy) is 1. The fourth-order valence-corrected chi connectivity index (χ4v) is 1.47. The van der Waals surface area contributed by atoms with Crippen LogP contribution in [-0.4, -0.2) is 17.9 Å². The third-order valence-corrected chi connectivity index (χ3v) is 2.34. The minimum absolute atomic E-state index is 0.0439. The van der Waals surface area contributed by atoms with Gasteiger partial charge in [0.05, 0.1) is 18.2 Å². The standard InChI is InChI=1S/C11H12ClF3O2/c12-9-6-8(7-16)2-3-10(9)17-5-1-4-11(13,14)15/h2-3,6,16H,1,4-5,7H2. The van der Waals surface area contributed by atoms with Crippen molar-refractivity contribution in [2.45, 2.75) is 25.6 Å². The molecule has 1 N–H and O–H groups in total. The van der Waals surface area contributed by atoms with Crippen LogP contribution in [-0.2, 0) is 6.61 Å². The Kier molecular flexibility index (Phi) is 5.08. The molecule has 0 fully saturated rings. The highest BCUT2D eigenvalue weighted by atomic mass is 35.5. The first kappa shape index (κ1) is 14.1. The normalized spacial score (nSPS) is 11.6. The Morgan fingerprint density at radius 3 is 2.53 bits per heavy atom. The zero-order valence-corrected chi connectivity index (χ0v) is 9.68. The van der Waals surface area contributed by atoms with Gasteiger partial charge in [-0.15, -0.1) is 0 Å². The summed E-state index contributed by atoms with van der Waals surface area (Å²) >= 11 is 5.82. The summed E-state index contributed by atoms with van der Waals surface area (Å²) in [6.45, 7) is -0.189. The second kappa shape index (κ2) is 6.12. The molecule has 0 aliphatic heterocycles. The zero-order chi connectivity index (χ0) is 12.9. The van der Waals surface area contributed by atoms with E-state index < -0.39 is 12.6 Å². The van der Waals surface area contributed by atoms with Gasteiger partial charge in [0.25, 0.3) is 0 Å². The van der Waals surface area contributed by atoms with Gasteiger partial charge in [0.2, 0.25) is 0 Å². The second-order valence-electron chi connectivity index (χ2n) is 3.49. The SMILES string of the molecule is OCc1ccc(OCCCC(F)(F)F)c(Cl)c1. The summed E-state index contributed by atoms with van der Waals surface area (Å²) in [5.74, 6) is 0.325. The molecule has 0 aromatic heterocycles. The Bertz CT molecular complexity index is 366. The van der Waals surface area contributed by atoms with Crippen LogP contribution in [0.1, 0.15) is 18.4 Å². The van der Waals surface area contributed by atoms with Gasteiger partial charge in [-0.05, 0) is 24.1 Å². The molecule has 0 aliphatic carbocycles. The number of alkyl halides is 3. The van der Waals surface area contributed by atoms with E-state index in [2.05, 4.69) is 0 Å². The largest absolute Gasteiger partial charge is 0.492 e. The molecule has 96 valence electrons. The van der Waals surface area contributed by atoms with Crippen molar-refractivity contribution in [3.05, 3.63) is 28.8 Å². The highest BCUT2D eigenvalue weighted by molar-refractivity contribution is 6.32. The number of halogens is 4. The van der Waals surface area contributed by atoms with Gasteiger partial charge in [0.15, 0.2) is 0 Å². The van der Waals surface area contributed by atoms with Crippen molar-refractivity contribution in [3.63, 3.8) is 0 Å². The number of hydrogen-bond donors (Lipinski definition) is 1. The van der Waals surface area contributed by atoms with Gasteiger partial charge in [-0.2, -0.15) is 13.2 Å². The van der Waals surface area contributed by atoms with E-state index in [1.807, 2.05) is 0 Å². The van der Waals surface area contributed by atoms with Crippen LogP contribution in [0.25, 0.3) is 0 Å². The molecule has 0 unspecified atom stereocenters. The smallest absolute Gasteiger partial charge is 0.389 e. The van der Waals surface area contributed by atoms with Crippen molar-refractivity contribution in [1.29, 1.82) is 0 Å². The number of aliphatic hydroxyl groups is 1. The Morgan fingerprint density at radius 2 is 2.00 bits per heavy atom. The predicted octanol–water partition coefficient (Wildman–Crippen LogP) is 3.55. The van der Waals surface area contributed by atoms with E-state index in [0.717, 1.165) is 0 Å². The van der Waals surface area contributed by atoms with E-state index in [-0.39, 0.29) is 24.7 Å². The third-order valence-electron chi connectivity index (χ3n) is 2.04. The van der Waals surface area contributed by atoms with E-state index in [9.17, 15) is 13.2 Å². The molecular formula is C11H12ClF3O2. The predicted molar refractivity (Wildman–Crippen MR) is 58.2 cm³/mol. The molecule has 0 spiro atoms. The Hall–Kier alpha value is -0.940. The average Bonchev–Trinajstić information content (AvgIpc) is 2.24. The van der Waals surface area contributed by atoms with E-state index in [0.29, 0.717) is 11.3 Å². The van der Waals surface area contributed by atoms with Gasteiger partial charge >= 0.3 is 6.18 Å². The lowest BCUT2D eigenvalue weighted by molar-refractivity contribution is -0.136. The third kappa shape index (κ3) is 5.28. The van der Waals surface area contributed by atoms with Crippen LogP contribution in [0.5, 0.6) is 5.75 Å². The average molecular weight is 269 g/mol. The molecule has 1 rings (SSSR count). The zero-order valence-electron chi connectivity index (χ0n) is 8.93. The molecule has 2 nitrogen and oxygen atoms in total. The van der Waals surface area contributed by atoms with Gasteiger partial charge in [0, 0.05) is 6.42 Å². The van der Waals surface area contributed by atoms with Gasteiger partial charge in [-0.1, -0.05) is 17.7 Å². The fraction of sp³-hybridized carbons (Fsp3) is 0.455. The van der Waals surface area contributed by atoms with Crippen LogP contribution in [0.3, 0.4) is 0 Å². The molecule has 1 aromatic carbocycles. The van der Waals surface area contributed by atoms with E-state index in [4.69, 9.17) is 21.4 Å². The summed E-state index contributed by atoms with van der Waals surface area (Å²) in [6, 6.07) is 4.65. The molecule has 0 saturated heterocycles. The monoisotopic (exact) mass is 268 g/mol. The van der Waals surface area contributed by atoms with Crippen LogP contribution >= 0.6 is 11.6 Å². The highest BCUT2D eigenvalue weighted by Gasteiger charge is 2.26. The summed E-state index contributed by atoms with van der Waals surface area (Å²) in [5.41, 5.74) is 0.623. The molecule has 0 amide bonds. The lowest BCUT2D eigenvalue weighted by Gasteiger charge is -2.10. The number of aliphatic hydroxyl groups excluding tert-OH is 1. The molecule has 0 bridgehead atoms. The first-order valence-electron chi connectivity index (χ1n) is 5.01. The minimum atomic E-state index is -4.16. The molecule has 0 aliphatic rings. The van der Waals surface area contributed by atoms with Crippen molar-refractivity contribution in [1.82, 2.24) is 0 Å². The van der Waals surface area contributed by atoms with Crippen molar-refractivity contribution < 1.29 is 23.0 Å². The molecule has 0 atom stereocenters. The molecule has 6 heteroatoms. The maximum Gasteiger partial charge on any atom is 0.389 e. The lowest BCUT2D eigenvalue weighted by atomic mass is 10.2. The van der Waals surface area contributed by atoms with Crippen LogP contribution in [0.15, 0.2) is 18.2 Å². The molecule has 0 radical (unpaired) electrons. The van der Waals surface area contributed by atoms with Crippen LogP contribution in [0.4, 0.5) is 13.2 Å². The summed E-state index contributed by atoms with van der Waals surface area (Å²) in [6.07, 6.45) is -5.14. The molecule has 0 heterocycles. The maximum atomic E-state index is 11.9. The van der Waals surface area contributed by atoms with Gasteiger partial charge < -0.3 is 9.84 Å². The van der Waals surface area contributed by atoms with Crippen molar-refractivity contribution in [2.24, 2.45) is 0 Å². The summed E-state index contributed by atoms with van der Waals surface area (Å²) in [5, 5.41) is 9.11. The Morgan fingerprint density at radius 1 is 1.29 bits per heavy atom. The maximum absolute atomic E-state index is 11.9. The summed E-state index contributed by atoms with van der Waals surface area (Å²) < 4.78 is 40.7. The molecule has 0 saturated carbocycles. The number of benzene rings is 1. The molecule has 17 heavy (non-hydrogen) atoms. The lowest BCUT2D eigenvalue weighted by Crippen LogP contribution is -2.09. The topological polar surface area (TPSA) is 29.5 Å². The summed E-state index contributed by atoms with van der Waals surface area (Å²) in [7, 11) is 0. The quantitative estimate of drug-likeness (QED) is 0.828. The highest BCUT2D eigenvalue weighted by Crippen LogP contribution is 2.26. The first-order chi connectivity index (χ1) is 7.92. The molecule has 1 aromatic rings. The van der Waals surface area contributed by atoms with E-state index in [1.165, 1.54) is 12.1 Å². The fourth-order valence-electron chi connectivity index (χ4n) is 1.21. The van der Waals surface area contributed by atoms with Gasteiger partial charge in [-0.3, -0.25) is 0 Å². The Balaban J connectivity index is 2.42. The van der Waals surface area contributed by atoms with E-state index in [1.54, 1.807) is 6.07 Å². The van der Waals surface area contributed by atoms with E-state index >= 15 is 0 Å². The van der Waals surface area contributed by atoms with Gasteiger partial charge in [-0.25, -0.2) is 0 Å². The van der Waals surface area contributed by atoms with Crippen LogP contribution in [0, 0.1) is 0 Å². The molecular weight excluding hydrogens is 257 g/mol. The summed E-state index contributed by atoms with van der Waals surface area (Å²) in [4.78, 5) is 0. The van der Waals surface area contributed by atoms with Gasteiger partial charge in [0.1, 0.15) is 5.75 Å². The number of rotatable bonds is 5. The minimum Gasteiger partial charge on any atom is -0.492 e. The van der Waals surface area contributed by atoms with Crippen LogP contribution < -0.4 is 4.74 Å². The second-order valence-corrected chi connectivity index (χ2v) is 3.90. The van der Waals surface area contributed by atoms with Crippen molar-refractivity contribution >= 4 is 11.6 Å².